The third-order valence-corrected chi connectivity index (χ3v) is 6.37. The predicted octanol–water partition coefficient (Wildman–Crippen LogP) is 4.12. The normalized spacial score (nSPS) is 18.1. The van der Waals surface area contributed by atoms with Gasteiger partial charge in [-0.3, -0.25) is 4.90 Å². The van der Waals surface area contributed by atoms with Gasteiger partial charge in [0.25, 0.3) is 0 Å². The third-order valence-electron chi connectivity index (χ3n) is 5.72. The number of piperazine rings is 1. The molecule has 0 amide bonds. The van der Waals surface area contributed by atoms with E-state index in [1.807, 2.05) is 18.2 Å². The first-order chi connectivity index (χ1) is 15.1. The van der Waals surface area contributed by atoms with Crippen molar-refractivity contribution in [1.82, 2.24) is 15.1 Å². The first-order valence-corrected chi connectivity index (χ1v) is 11.5. The number of rotatable bonds is 5. The van der Waals surface area contributed by atoms with Gasteiger partial charge in [0.1, 0.15) is 17.7 Å². The van der Waals surface area contributed by atoms with Crippen molar-refractivity contribution < 1.29 is 9.13 Å². The van der Waals surface area contributed by atoms with Gasteiger partial charge in [-0.05, 0) is 74.0 Å². The maximum absolute atomic E-state index is 13.4. The molecule has 2 aromatic rings. The first-order valence-electron chi connectivity index (χ1n) is 10.8. The minimum atomic E-state index is -0.275. The van der Waals surface area contributed by atoms with Crippen LogP contribution >= 0.6 is 23.8 Å². The lowest BCUT2D eigenvalue weighted by molar-refractivity contribution is 0.162. The molecule has 0 aromatic heterocycles. The number of nitrogens with zero attached hydrogens (tertiary/aromatic N) is 2. The number of hydrogen-bond acceptors (Lipinski definition) is 4. The van der Waals surface area contributed by atoms with Gasteiger partial charge in [0.05, 0.1) is 5.02 Å². The summed E-state index contributed by atoms with van der Waals surface area (Å²) in [5.41, 5.74) is 1.85. The van der Waals surface area contributed by atoms with Crippen molar-refractivity contribution in [1.29, 1.82) is 0 Å². The summed E-state index contributed by atoms with van der Waals surface area (Å²) < 4.78 is 19.5. The van der Waals surface area contributed by atoms with Gasteiger partial charge in [0.2, 0.25) is 0 Å². The fourth-order valence-electron chi connectivity index (χ4n) is 3.97. The summed E-state index contributed by atoms with van der Waals surface area (Å²) in [7, 11) is 0. The van der Waals surface area contributed by atoms with E-state index in [9.17, 15) is 4.39 Å². The molecule has 2 aromatic carbocycles. The van der Waals surface area contributed by atoms with E-state index in [1.54, 1.807) is 6.07 Å². The molecule has 0 atom stereocenters. The molecule has 2 aliphatic heterocycles. The van der Waals surface area contributed by atoms with Crippen LogP contribution in [0.25, 0.3) is 0 Å². The number of thiocarbonyl (C=S) groups is 1. The van der Waals surface area contributed by atoms with Gasteiger partial charge in [0, 0.05) is 38.4 Å². The summed E-state index contributed by atoms with van der Waals surface area (Å²) in [4.78, 5) is 4.51. The Morgan fingerprint density at radius 3 is 2.61 bits per heavy atom. The maximum Gasteiger partial charge on any atom is 0.173 e. The lowest BCUT2D eigenvalue weighted by Crippen LogP contribution is -2.49. The number of anilines is 1. The summed E-state index contributed by atoms with van der Waals surface area (Å²) in [5, 5.41) is 7.78. The van der Waals surface area contributed by atoms with Gasteiger partial charge >= 0.3 is 0 Å². The Labute approximate surface area is 193 Å². The lowest BCUT2D eigenvalue weighted by atomic mass is 10.1. The summed E-state index contributed by atoms with van der Waals surface area (Å²) in [6.45, 7) is 6.27. The molecule has 2 aliphatic rings. The van der Waals surface area contributed by atoms with Crippen LogP contribution < -0.4 is 15.4 Å². The van der Waals surface area contributed by atoms with E-state index in [-0.39, 0.29) is 11.9 Å². The smallest absolute Gasteiger partial charge is 0.173 e. The van der Waals surface area contributed by atoms with Crippen molar-refractivity contribution in [3.05, 3.63) is 58.9 Å². The Morgan fingerprint density at radius 2 is 1.90 bits per heavy atom. The zero-order valence-corrected chi connectivity index (χ0v) is 19.0. The monoisotopic (exact) mass is 462 g/mol. The van der Waals surface area contributed by atoms with Crippen LogP contribution in [-0.2, 0) is 6.54 Å². The van der Waals surface area contributed by atoms with Gasteiger partial charge in [0.15, 0.2) is 5.11 Å². The highest BCUT2D eigenvalue weighted by Crippen LogP contribution is 2.28. The van der Waals surface area contributed by atoms with E-state index in [2.05, 4.69) is 26.5 Å². The van der Waals surface area contributed by atoms with E-state index >= 15 is 0 Å². The van der Waals surface area contributed by atoms with E-state index in [1.165, 1.54) is 17.7 Å². The molecule has 31 heavy (non-hydrogen) atoms. The molecule has 2 N–H and O–H groups in total. The van der Waals surface area contributed by atoms with Crippen LogP contribution in [0.1, 0.15) is 18.4 Å². The SMILES string of the molecule is Fc1cccc(NC(=S)N2CCN(Cc3ccc(OC4CCNCC4)c(Cl)c3)CC2)c1. The summed E-state index contributed by atoms with van der Waals surface area (Å²) in [6.07, 6.45) is 2.26. The largest absolute Gasteiger partial charge is 0.489 e. The Bertz CT molecular complexity index is 901. The summed E-state index contributed by atoms with van der Waals surface area (Å²) >= 11 is 12.0. The fraction of sp³-hybridized carbons (Fsp3) is 0.435. The fourth-order valence-corrected chi connectivity index (χ4v) is 4.52. The topological polar surface area (TPSA) is 39.8 Å². The molecule has 0 saturated carbocycles. The van der Waals surface area contributed by atoms with Gasteiger partial charge in [-0.15, -0.1) is 0 Å². The minimum Gasteiger partial charge on any atom is -0.489 e. The van der Waals surface area contributed by atoms with Crippen LogP contribution in [0.15, 0.2) is 42.5 Å². The molecule has 8 heteroatoms. The first kappa shape index (κ1) is 22.3. The van der Waals surface area contributed by atoms with Crippen molar-refractivity contribution in [2.45, 2.75) is 25.5 Å². The van der Waals surface area contributed by atoms with Crippen molar-refractivity contribution in [3.63, 3.8) is 0 Å². The number of ether oxygens (including phenoxy) is 1. The Hall–Kier alpha value is -1.93. The van der Waals surface area contributed by atoms with E-state index < -0.39 is 0 Å². The van der Waals surface area contributed by atoms with Crippen LogP contribution in [0.2, 0.25) is 5.02 Å². The molecule has 0 aliphatic carbocycles. The average molecular weight is 463 g/mol. The second-order valence-electron chi connectivity index (χ2n) is 8.04. The number of piperidine rings is 1. The standard InChI is InChI=1S/C23H28ClFN4OS/c24-21-14-17(4-5-22(21)30-20-6-8-26-9-7-20)16-28-10-12-29(13-11-28)23(31)27-19-3-1-2-18(25)15-19/h1-5,14-15,20,26H,6-13,16H2,(H,27,31). The molecule has 2 saturated heterocycles. The van der Waals surface area contributed by atoms with Gasteiger partial charge < -0.3 is 20.3 Å². The number of halogens is 2. The van der Waals surface area contributed by atoms with Crippen LogP contribution in [0, 0.1) is 5.82 Å². The van der Waals surface area contributed by atoms with Crippen molar-refractivity contribution in [2.24, 2.45) is 0 Å². The van der Waals surface area contributed by atoms with Crippen LogP contribution in [0.3, 0.4) is 0 Å². The molecular weight excluding hydrogens is 435 g/mol. The zero-order valence-electron chi connectivity index (χ0n) is 17.4. The molecule has 0 unspecified atom stereocenters. The van der Waals surface area contributed by atoms with E-state index in [0.29, 0.717) is 15.8 Å². The highest BCUT2D eigenvalue weighted by molar-refractivity contribution is 7.80. The van der Waals surface area contributed by atoms with Crippen molar-refractivity contribution in [2.75, 3.05) is 44.6 Å². The number of nitrogens with one attached hydrogen (secondary N) is 2. The minimum absolute atomic E-state index is 0.238. The van der Waals surface area contributed by atoms with E-state index in [0.717, 1.165) is 64.4 Å². The molecule has 4 rings (SSSR count). The quantitative estimate of drug-likeness (QED) is 0.651. The van der Waals surface area contributed by atoms with Crippen molar-refractivity contribution >= 4 is 34.6 Å². The number of benzene rings is 2. The molecular formula is C23H28ClFN4OS. The molecule has 0 spiro atoms. The average Bonchev–Trinajstić information content (AvgIpc) is 2.77. The third kappa shape index (κ3) is 6.29. The van der Waals surface area contributed by atoms with Gasteiger partial charge in [-0.1, -0.05) is 23.7 Å². The lowest BCUT2D eigenvalue weighted by Gasteiger charge is -2.36. The second-order valence-corrected chi connectivity index (χ2v) is 8.83. The van der Waals surface area contributed by atoms with E-state index in [4.69, 9.17) is 28.6 Å². The molecule has 2 heterocycles. The number of hydrogen-bond donors (Lipinski definition) is 2. The molecule has 0 bridgehead atoms. The summed E-state index contributed by atoms with van der Waals surface area (Å²) in [6, 6.07) is 12.5. The van der Waals surface area contributed by atoms with Crippen molar-refractivity contribution in [3.8, 4) is 5.75 Å². The molecule has 5 nitrogen and oxygen atoms in total. The molecule has 166 valence electrons. The highest BCUT2D eigenvalue weighted by atomic mass is 35.5. The molecule has 2 fully saturated rings. The summed E-state index contributed by atoms with van der Waals surface area (Å²) in [5.74, 6) is 0.499. The van der Waals surface area contributed by atoms with Crippen LogP contribution in [-0.4, -0.2) is 60.3 Å². The Balaban J connectivity index is 1.25. The maximum atomic E-state index is 13.4. The second kappa shape index (κ2) is 10.6. The zero-order chi connectivity index (χ0) is 21.6. The predicted molar refractivity (Wildman–Crippen MR) is 127 cm³/mol. The van der Waals surface area contributed by atoms with Gasteiger partial charge in [-0.2, -0.15) is 0 Å². The highest BCUT2D eigenvalue weighted by Gasteiger charge is 2.20. The molecule has 0 radical (unpaired) electrons. The van der Waals surface area contributed by atoms with Gasteiger partial charge in [-0.25, -0.2) is 4.39 Å². The Kier molecular flexibility index (Phi) is 7.61. The Morgan fingerprint density at radius 1 is 1.13 bits per heavy atom. The van der Waals surface area contributed by atoms with Crippen LogP contribution in [0.4, 0.5) is 10.1 Å². The van der Waals surface area contributed by atoms with Crippen LogP contribution in [0.5, 0.6) is 5.75 Å².